The zero-order valence-corrected chi connectivity index (χ0v) is 52.0. The molecule has 0 spiro atoms. The Balaban J connectivity index is 1.45. The van der Waals surface area contributed by atoms with E-state index in [2.05, 4.69) is 269 Å². The third-order valence-electron chi connectivity index (χ3n) is 19.3. The molecule has 0 saturated carbocycles. The van der Waals surface area contributed by atoms with Crippen molar-refractivity contribution < 1.29 is 0 Å². The van der Waals surface area contributed by atoms with Crippen LogP contribution in [0.25, 0.3) is 108 Å². The molecular formula is C76H80Si2. The molecule has 0 radical (unpaired) electrons. The van der Waals surface area contributed by atoms with Gasteiger partial charge in [-0.25, -0.2) is 0 Å². The highest BCUT2D eigenvalue weighted by Crippen LogP contribution is 2.53. The second kappa shape index (κ2) is 19.6. The third kappa shape index (κ3) is 7.83. The van der Waals surface area contributed by atoms with E-state index in [-0.39, 0.29) is 0 Å². The first kappa shape index (κ1) is 53.3. The molecule has 0 heterocycles. The van der Waals surface area contributed by atoms with Gasteiger partial charge in [-0.05, 0) is 207 Å². The Hall–Kier alpha value is -6.69. The van der Waals surface area contributed by atoms with Gasteiger partial charge in [0, 0.05) is 21.9 Å². The fraction of sp³-hybridized carbons (Fsp3) is 0.316. The summed E-state index contributed by atoms with van der Waals surface area (Å²) in [4.78, 5) is 0. The Morgan fingerprint density at radius 1 is 0.269 bits per heavy atom. The maximum atomic E-state index is 4.33. The lowest BCUT2D eigenvalue weighted by Crippen LogP contribution is -2.43. The van der Waals surface area contributed by atoms with Crippen molar-refractivity contribution in [2.75, 3.05) is 0 Å². The molecule has 0 amide bonds. The number of hydrogen-bond acceptors (Lipinski definition) is 0. The van der Waals surface area contributed by atoms with E-state index in [1.54, 1.807) is 0 Å². The molecule has 11 aromatic carbocycles. The van der Waals surface area contributed by atoms with E-state index in [0.29, 0.717) is 33.2 Å². The van der Waals surface area contributed by atoms with Crippen LogP contribution in [0.15, 0.2) is 121 Å². The van der Waals surface area contributed by atoms with Gasteiger partial charge in [0.1, 0.15) is 16.1 Å². The lowest BCUT2D eigenvalue weighted by molar-refractivity contribution is 0.838. The molecule has 0 aliphatic rings. The van der Waals surface area contributed by atoms with Crippen LogP contribution in [-0.2, 0) is 0 Å². The van der Waals surface area contributed by atoms with Crippen LogP contribution in [0.5, 0.6) is 0 Å². The van der Waals surface area contributed by atoms with Gasteiger partial charge in [0.25, 0.3) is 0 Å². The first-order valence-electron chi connectivity index (χ1n) is 29.3. The first-order chi connectivity index (χ1) is 37.1. The molecule has 0 aliphatic heterocycles. The van der Waals surface area contributed by atoms with Crippen LogP contribution in [0.2, 0.25) is 33.2 Å². The smallest absolute Gasteiger partial charge is 0.125 e. The largest absolute Gasteiger partial charge is 0.146 e. The number of aryl methyl sites for hydroxylation is 6. The quantitative estimate of drug-likeness (QED) is 0.0616. The highest BCUT2D eigenvalue weighted by molar-refractivity contribution is 6.91. The summed E-state index contributed by atoms with van der Waals surface area (Å²) in [6.07, 6.45) is 0. The van der Waals surface area contributed by atoms with Gasteiger partial charge in [0.2, 0.25) is 0 Å². The number of fused-ring (bicyclic) bond motifs is 8. The zero-order valence-electron chi connectivity index (χ0n) is 50.0. The van der Waals surface area contributed by atoms with Crippen LogP contribution >= 0.6 is 0 Å². The Morgan fingerprint density at radius 3 is 0.846 bits per heavy atom. The molecule has 0 nitrogen and oxygen atoms in total. The van der Waals surface area contributed by atoms with Crippen LogP contribution in [0, 0.1) is 64.5 Å². The van der Waals surface area contributed by atoms with Gasteiger partial charge in [-0.15, -0.1) is 11.1 Å². The molecule has 0 atom stereocenters. The monoisotopic (exact) mass is 1050 g/mol. The molecular weight excluding hydrogens is 969 g/mol. The lowest BCUT2D eigenvalue weighted by atomic mass is 9.79. The van der Waals surface area contributed by atoms with E-state index in [1.165, 1.54) is 142 Å². The summed E-state index contributed by atoms with van der Waals surface area (Å²) in [6, 6.07) is 47.4. The summed E-state index contributed by atoms with van der Waals surface area (Å²) < 4.78 is 0. The normalized spacial score (nSPS) is 12.7. The molecule has 0 saturated heterocycles. The van der Waals surface area contributed by atoms with Gasteiger partial charge >= 0.3 is 0 Å². The molecule has 0 N–H and O–H groups in total. The molecule has 11 aromatic rings. The van der Waals surface area contributed by atoms with Gasteiger partial charge in [0.05, 0.1) is 0 Å². The van der Waals surface area contributed by atoms with Crippen molar-refractivity contribution in [3.63, 3.8) is 0 Å². The van der Waals surface area contributed by atoms with Crippen molar-refractivity contribution in [2.45, 2.75) is 158 Å². The summed E-state index contributed by atoms with van der Waals surface area (Å²) in [5, 5.41) is 20.4. The van der Waals surface area contributed by atoms with E-state index in [0.717, 1.165) is 11.1 Å². The van der Waals surface area contributed by atoms with E-state index in [4.69, 9.17) is 0 Å². The van der Waals surface area contributed by atoms with Crippen LogP contribution in [0.3, 0.4) is 0 Å². The maximum absolute atomic E-state index is 4.33. The predicted octanol–water partition coefficient (Wildman–Crippen LogP) is 22.7. The number of hydrogen-bond donors (Lipinski definition) is 0. The SMILES string of the molecule is Cc1cc(C)c(-c2c3ccccc3c3c(C#C[Si](C(C)C)(C(C)C)C(C)C)c4cc5c(cc4c4cccc2c43)c(C#C[Si](C(C)C)(C(C)C)C(C)C)c2c3ccccc3c(-c3c(C)cc(C)cc3C)c3cccc5c32)c(C)c1. The Bertz CT molecular complexity index is 4040. The summed E-state index contributed by atoms with van der Waals surface area (Å²) >= 11 is 0. The van der Waals surface area contributed by atoms with Crippen molar-refractivity contribution in [3.8, 4) is 45.2 Å². The topological polar surface area (TPSA) is 0 Å². The summed E-state index contributed by atoms with van der Waals surface area (Å²) in [7, 11) is -4.44. The van der Waals surface area contributed by atoms with E-state index < -0.39 is 16.1 Å². The van der Waals surface area contributed by atoms with Gasteiger partial charge in [-0.1, -0.05) is 215 Å². The van der Waals surface area contributed by atoms with Crippen molar-refractivity contribution in [2.24, 2.45) is 0 Å². The average Bonchev–Trinajstić information content (AvgIpc) is 3.17. The van der Waals surface area contributed by atoms with Crippen LogP contribution in [0.4, 0.5) is 0 Å². The fourth-order valence-corrected chi connectivity index (χ4v) is 26.7. The van der Waals surface area contributed by atoms with E-state index in [1.807, 2.05) is 0 Å². The zero-order chi connectivity index (χ0) is 55.6. The second-order valence-electron chi connectivity index (χ2n) is 25.6. The summed E-state index contributed by atoms with van der Waals surface area (Å²) in [5.74, 6) is 8.52. The van der Waals surface area contributed by atoms with Gasteiger partial charge in [-0.3, -0.25) is 0 Å². The highest BCUT2D eigenvalue weighted by Gasteiger charge is 2.43. The third-order valence-corrected chi connectivity index (χ3v) is 31.9. The molecule has 0 aromatic heterocycles. The first-order valence-corrected chi connectivity index (χ1v) is 33.7. The number of rotatable bonds is 8. The Labute approximate surface area is 468 Å². The minimum Gasteiger partial charge on any atom is -0.125 e. The van der Waals surface area contributed by atoms with E-state index in [9.17, 15) is 0 Å². The van der Waals surface area contributed by atoms with Crippen LogP contribution in [0.1, 0.15) is 128 Å². The summed E-state index contributed by atoms with van der Waals surface area (Å²) in [6.45, 7) is 43.1. The standard InChI is InChI=1S/C76H80Si2/c1-43(2)77(44(3)4,45(5)6)35-33-61-67-41-66-60-30-24-32-64-74(70-53(17)39-50(14)40-54(70)18)58-28-22-20-26-56(58)72(76(60)64)62(34-36-78(46(7)8,47(9)10)48(11)12)68(66)42-65(67)59-29-23-31-63-73(69-51(15)37-49(13)38-52(69)16)57-27-21-19-25-55(57)71(61)75(59)63/h19-32,37-48H,1-18H3. The maximum Gasteiger partial charge on any atom is 0.146 e. The number of benzene rings is 11. The minimum atomic E-state index is -2.22. The summed E-state index contributed by atoms with van der Waals surface area (Å²) in [5.41, 5.74) is 27.1. The average molecular weight is 1050 g/mol. The Kier molecular flexibility index (Phi) is 13.4. The van der Waals surface area contributed by atoms with Gasteiger partial charge < -0.3 is 0 Å². The molecule has 78 heavy (non-hydrogen) atoms. The lowest BCUT2D eigenvalue weighted by Gasteiger charge is -2.38. The van der Waals surface area contributed by atoms with Crippen molar-refractivity contribution >= 4 is 102 Å². The van der Waals surface area contributed by atoms with Crippen LogP contribution in [-0.4, -0.2) is 16.1 Å². The molecule has 11 rings (SSSR count). The fourth-order valence-electron chi connectivity index (χ4n) is 16.3. The molecule has 0 aliphatic carbocycles. The minimum absolute atomic E-state index is 0.490. The van der Waals surface area contributed by atoms with Crippen LogP contribution < -0.4 is 0 Å². The highest BCUT2D eigenvalue weighted by atomic mass is 28.3. The predicted molar refractivity (Wildman–Crippen MR) is 353 cm³/mol. The van der Waals surface area contributed by atoms with Crippen molar-refractivity contribution in [1.29, 1.82) is 0 Å². The Morgan fingerprint density at radius 2 is 0.538 bits per heavy atom. The van der Waals surface area contributed by atoms with E-state index >= 15 is 0 Å². The van der Waals surface area contributed by atoms with Gasteiger partial charge in [-0.2, -0.15) is 0 Å². The molecule has 0 unspecified atom stereocenters. The molecule has 0 fully saturated rings. The van der Waals surface area contributed by atoms with Crippen molar-refractivity contribution in [3.05, 3.63) is 166 Å². The second-order valence-corrected chi connectivity index (χ2v) is 36.7. The van der Waals surface area contributed by atoms with Gasteiger partial charge in [0.15, 0.2) is 0 Å². The molecule has 392 valence electrons. The van der Waals surface area contributed by atoms with Crippen molar-refractivity contribution in [1.82, 2.24) is 0 Å². The molecule has 0 bridgehead atoms. The molecule has 2 heteroatoms.